The Kier molecular flexibility index (Phi) is 5.20. The van der Waals surface area contributed by atoms with Gasteiger partial charge in [-0.1, -0.05) is 37.3 Å². The molecule has 0 spiro atoms. The lowest BCUT2D eigenvalue weighted by Crippen LogP contribution is -2.48. The van der Waals surface area contributed by atoms with Crippen molar-refractivity contribution >= 4 is 11.7 Å². The number of benzene rings is 1. The van der Waals surface area contributed by atoms with Crippen LogP contribution in [0.1, 0.15) is 30.1 Å². The fourth-order valence-corrected chi connectivity index (χ4v) is 3.73. The zero-order chi connectivity index (χ0) is 20.4. The normalized spacial score (nSPS) is 15.8. The summed E-state index contributed by atoms with van der Waals surface area (Å²) in [4.78, 5) is 35.9. The van der Waals surface area contributed by atoms with E-state index in [1.165, 1.54) is 17.0 Å². The molecule has 3 aromatic rings. The summed E-state index contributed by atoms with van der Waals surface area (Å²) < 4.78 is 16.1. The van der Waals surface area contributed by atoms with Crippen LogP contribution in [0.5, 0.6) is 0 Å². The summed E-state index contributed by atoms with van der Waals surface area (Å²) in [5, 5.41) is 0. The van der Waals surface area contributed by atoms with Gasteiger partial charge in [0, 0.05) is 36.1 Å². The number of carbonyl (C=O) groups excluding carboxylic acids is 1. The fraction of sp³-hybridized carbons (Fsp3) is 0.273. The smallest absolute Gasteiger partial charge is 0.291 e. The van der Waals surface area contributed by atoms with Crippen LogP contribution >= 0.6 is 0 Å². The second-order valence-electron chi connectivity index (χ2n) is 7.03. The number of hydrogen-bond acceptors (Lipinski definition) is 5. The highest BCUT2D eigenvalue weighted by atomic mass is 19.1. The van der Waals surface area contributed by atoms with Crippen LogP contribution < -0.4 is 10.5 Å². The van der Waals surface area contributed by atoms with Gasteiger partial charge in [-0.25, -0.2) is 4.98 Å². The number of ketones is 1. The summed E-state index contributed by atoms with van der Waals surface area (Å²) in [5.41, 5.74) is 0.343. The maximum Gasteiger partial charge on any atom is 0.291 e. The highest BCUT2D eigenvalue weighted by Crippen LogP contribution is 2.28. The molecule has 2 aromatic heterocycles. The standard InChI is InChI=1S/C22H21FN4O2/c1-2-17-10-13-26-21(29)19(23)20(16-8-11-24-12-9-16)25-22(26)27(17)14-18(28)15-6-4-3-5-7-15/h3-9,11-12,17H,2,10,13-14H2,1H3. The lowest BCUT2D eigenvalue weighted by atomic mass is 10.0. The Morgan fingerprint density at radius 2 is 1.90 bits per heavy atom. The molecule has 0 fully saturated rings. The predicted molar refractivity (Wildman–Crippen MR) is 109 cm³/mol. The number of Topliss-reactive ketones (excluding diaryl/α,β-unsaturated/α-hetero) is 1. The van der Waals surface area contributed by atoms with Gasteiger partial charge in [-0.2, -0.15) is 4.39 Å². The number of rotatable bonds is 5. The van der Waals surface area contributed by atoms with Crippen molar-refractivity contribution in [3.8, 4) is 11.3 Å². The molecule has 0 radical (unpaired) electrons. The van der Waals surface area contributed by atoms with Crippen molar-refractivity contribution < 1.29 is 9.18 Å². The van der Waals surface area contributed by atoms with E-state index in [1.54, 1.807) is 24.3 Å². The van der Waals surface area contributed by atoms with Gasteiger partial charge in [0.15, 0.2) is 5.78 Å². The van der Waals surface area contributed by atoms with E-state index >= 15 is 0 Å². The highest BCUT2D eigenvalue weighted by Gasteiger charge is 2.31. The Balaban J connectivity index is 1.80. The second-order valence-corrected chi connectivity index (χ2v) is 7.03. The third-order valence-corrected chi connectivity index (χ3v) is 5.31. The van der Waals surface area contributed by atoms with Gasteiger partial charge in [-0.15, -0.1) is 0 Å². The van der Waals surface area contributed by atoms with Crippen LogP contribution in [0.25, 0.3) is 11.3 Å². The molecule has 1 aliphatic rings. The molecule has 1 aromatic carbocycles. The largest absolute Gasteiger partial charge is 0.331 e. The van der Waals surface area contributed by atoms with Crippen LogP contribution in [0.2, 0.25) is 0 Å². The monoisotopic (exact) mass is 392 g/mol. The molecule has 0 bridgehead atoms. The van der Waals surface area contributed by atoms with Gasteiger partial charge < -0.3 is 4.90 Å². The van der Waals surface area contributed by atoms with E-state index < -0.39 is 11.4 Å². The number of pyridine rings is 1. The Bertz CT molecular complexity index is 1080. The molecule has 1 unspecified atom stereocenters. The van der Waals surface area contributed by atoms with Crippen LogP contribution in [0, 0.1) is 5.82 Å². The zero-order valence-corrected chi connectivity index (χ0v) is 16.1. The third kappa shape index (κ3) is 3.55. The Morgan fingerprint density at radius 1 is 1.17 bits per heavy atom. The third-order valence-electron chi connectivity index (χ3n) is 5.31. The molecule has 0 saturated heterocycles. The van der Waals surface area contributed by atoms with E-state index in [-0.39, 0.29) is 24.1 Å². The van der Waals surface area contributed by atoms with E-state index in [9.17, 15) is 14.0 Å². The predicted octanol–water partition coefficient (Wildman–Crippen LogP) is 3.32. The summed E-state index contributed by atoms with van der Waals surface area (Å²) in [6.07, 6.45) is 4.50. The number of halogens is 1. The van der Waals surface area contributed by atoms with E-state index in [0.29, 0.717) is 30.0 Å². The van der Waals surface area contributed by atoms with Gasteiger partial charge in [-0.05, 0) is 25.0 Å². The summed E-state index contributed by atoms with van der Waals surface area (Å²) in [6.45, 7) is 2.49. The molecule has 1 aliphatic heterocycles. The molecular formula is C22H21FN4O2. The molecule has 4 rings (SSSR count). The second kappa shape index (κ2) is 7.95. The summed E-state index contributed by atoms with van der Waals surface area (Å²) >= 11 is 0. The summed E-state index contributed by atoms with van der Waals surface area (Å²) in [7, 11) is 0. The average molecular weight is 392 g/mol. The fourth-order valence-electron chi connectivity index (χ4n) is 3.73. The number of aromatic nitrogens is 3. The van der Waals surface area contributed by atoms with Crippen molar-refractivity contribution in [2.24, 2.45) is 0 Å². The van der Waals surface area contributed by atoms with Crippen molar-refractivity contribution in [2.45, 2.75) is 32.4 Å². The molecule has 6 nitrogen and oxygen atoms in total. The molecule has 0 amide bonds. The van der Waals surface area contributed by atoms with Gasteiger partial charge in [0.05, 0.1) is 6.54 Å². The van der Waals surface area contributed by atoms with Crippen molar-refractivity contribution in [2.75, 3.05) is 11.4 Å². The molecule has 7 heteroatoms. The number of hydrogen-bond donors (Lipinski definition) is 0. The van der Waals surface area contributed by atoms with Gasteiger partial charge in [-0.3, -0.25) is 19.1 Å². The molecular weight excluding hydrogens is 371 g/mol. The van der Waals surface area contributed by atoms with E-state index in [2.05, 4.69) is 9.97 Å². The number of carbonyl (C=O) groups is 1. The van der Waals surface area contributed by atoms with Crippen LogP contribution in [-0.4, -0.2) is 32.9 Å². The molecule has 1 atom stereocenters. The maximum atomic E-state index is 14.8. The average Bonchev–Trinajstić information content (AvgIpc) is 2.77. The first-order valence-electron chi connectivity index (χ1n) is 9.65. The van der Waals surface area contributed by atoms with E-state index in [1.807, 2.05) is 30.0 Å². The number of nitrogens with zero attached hydrogens (tertiary/aromatic N) is 4. The van der Waals surface area contributed by atoms with Crippen molar-refractivity contribution in [1.82, 2.24) is 14.5 Å². The van der Waals surface area contributed by atoms with Crippen molar-refractivity contribution in [3.05, 3.63) is 76.6 Å². The Hall–Kier alpha value is -3.35. The molecule has 148 valence electrons. The Labute approximate surface area is 167 Å². The molecule has 29 heavy (non-hydrogen) atoms. The Morgan fingerprint density at radius 3 is 2.59 bits per heavy atom. The van der Waals surface area contributed by atoms with Gasteiger partial charge in [0.25, 0.3) is 5.56 Å². The van der Waals surface area contributed by atoms with Crippen LogP contribution in [-0.2, 0) is 6.54 Å². The van der Waals surface area contributed by atoms with Gasteiger partial charge in [0.1, 0.15) is 5.69 Å². The molecule has 0 N–H and O–H groups in total. The van der Waals surface area contributed by atoms with Gasteiger partial charge >= 0.3 is 0 Å². The quantitative estimate of drug-likeness (QED) is 0.623. The molecule has 0 saturated carbocycles. The van der Waals surface area contributed by atoms with Crippen LogP contribution in [0.3, 0.4) is 0 Å². The van der Waals surface area contributed by atoms with E-state index in [0.717, 1.165) is 6.42 Å². The lowest BCUT2D eigenvalue weighted by molar-refractivity contribution is 0.0994. The zero-order valence-electron chi connectivity index (χ0n) is 16.1. The molecule has 0 aliphatic carbocycles. The van der Waals surface area contributed by atoms with Crippen molar-refractivity contribution in [3.63, 3.8) is 0 Å². The minimum absolute atomic E-state index is 0.0161. The lowest BCUT2D eigenvalue weighted by Gasteiger charge is -2.37. The first-order valence-corrected chi connectivity index (χ1v) is 9.65. The topological polar surface area (TPSA) is 68.1 Å². The minimum atomic E-state index is -0.885. The first-order chi connectivity index (χ1) is 14.1. The van der Waals surface area contributed by atoms with Crippen LogP contribution in [0.4, 0.5) is 10.3 Å². The van der Waals surface area contributed by atoms with Gasteiger partial charge in [0.2, 0.25) is 11.8 Å². The maximum absolute atomic E-state index is 14.8. The number of fused-ring (bicyclic) bond motifs is 1. The molecule has 3 heterocycles. The SMILES string of the molecule is CCC1CCn2c(nc(-c3ccncc3)c(F)c2=O)N1CC(=O)c1ccccc1. The van der Waals surface area contributed by atoms with Crippen molar-refractivity contribution in [1.29, 1.82) is 0 Å². The summed E-state index contributed by atoms with van der Waals surface area (Å²) in [6, 6.07) is 12.3. The summed E-state index contributed by atoms with van der Waals surface area (Å²) in [5.74, 6) is -0.614. The van der Waals surface area contributed by atoms with E-state index in [4.69, 9.17) is 0 Å². The first kappa shape index (κ1) is 19.0. The number of anilines is 1. The van der Waals surface area contributed by atoms with Crippen LogP contribution in [0.15, 0.2) is 59.7 Å². The minimum Gasteiger partial charge on any atom is -0.331 e. The highest BCUT2D eigenvalue weighted by molar-refractivity contribution is 5.99.